The van der Waals surface area contributed by atoms with Crippen molar-refractivity contribution in [2.75, 3.05) is 27.2 Å². The van der Waals surface area contributed by atoms with Gasteiger partial charge in [0.2, 0.25) is 0 Å². The van der Waals surface area contributed by atoms with Gasteiger partial charge in [-0.25, -0.2) is 5.90 Å². The maximum atomic E-state index is 5.61. The minimum Gasteiger partial charge on any atom is -0.329 e. The lowest BCUT2D eigenvalue weighted by Crippen LogP contribution is -2.39. The van der Waals surface area contributed by atoms with Crippen molar-refractivity contribution in [1.29, 1.82) is 0 Å². The molecule has 0 aromatic heterocycles. The average Bonchev–Trinajstić information content (AvgIpc) is 2.57. The third-order valence-corrected chi connectivity index (χ3v) is 5.45. The third-order valence-electron chi connectivity index (χ3n) is 5.45. The molecule has 1 unspecified atom stereocenters. The maximum Gasteiger partial charge on any atom is 0.111 e. The minimum absolute atomic E-state index is 0.365. The predicted octanol–water partition coefficient (Wildman–Crippen LogP) is 4.93. The molecule has 0 aliphatic rings. The number of unbranched alkanes of at least 4 members (excludes halogenated alkanes) is 5. The second kappa shape index (κ2) is 10.2. The van der Waals surface area contributed by atoms with Crippen LogP contribution in [0.2, 0.25) is 0 Å². The van der Waals surface area contributed by atoms with Gasteiger partial charge in [0.05, 0.1) is 27.2 Å². The fraction of sp³-hybridized carbons (Fsp3) is 0.714. The highest BCUT2D eigenvalue weighted by Crippen LogP contribution is 2.30. The van der Waals surface area contributed by atoms with E-state index in [0.29, 0.717) is 0 Å². The second-order valence-electron chi connectivity index (χ2n) is 8.06. The molecule has 1 rings (SSSR count). The molecule has 0 heterocycles. The highest BCUT2D eigenvalue weighted by atomic mass is 16.6. The zero-order chi connectivity index (χ0) is 18.1. The largest absolute Gasteiger partial charge is 0.329 e. The zero-order valence-electron chi connectivity index (χ0n) is 16.6. The summed E-state index contributed by atoms with van der Waals surface area (Å²) in [5, 5.41) is 0. The molecule has 0 saturated carbocycles. The Morgan fingerprint density at radius 1 is 0.958 bits per heavy atom. The predicted molar refractivity (Wildman–Crippen MR) is 104 cm³/mol. The van der Waals surface area contributed by atoms with E-state index in [1.807, 2.05) is 0 Å². The number of hydrogen-bond donors (Lipinski definition) is 1. The molecule has 138 valence electrons. The summed E-state index contributed by atoms with van der Waals surface area (Å²) in [6.07, 6.45) is 8.75. The first-order valence-corrected chi connectivity index (χ1v) is 9.60. The molecule has 0 aliphatic heterocycles. The third kappa shape index (κ3) is 7.33. The Hall–Kier alpha value is -0.900. The Bertz CT molecular complexity index is 455. The molecule has 24 heavy (non-hydrogen) atoms. The Morgan fingerprint density at radius 2 is 1.50 bits per heavy atom. The molecule has 0 spiro atoms. The lowest BCUT2D eigenvalue weighted by Gasteiger charge is -2.28. The summed E-state index contributed by atoms with van der Waals surface area (Å²) in [5.41, 5.74) is 2.08. The summed E-state index contributed by atoms with van der Waals surface area (Å²) in [5.74, 6) is 5.61. The van der Waals surface area contributed by atoms with Crippen molar-refractivity contribution in [3.8, 4) is 0 Å². The van der Waals surface area contributed by atoms with E-state index in [1.54, 1.807) is 0 Å². The molecule has 1 aromatic rings. The smallest absolute Gasteiger partial charge is 0.111 e. The SMILES string of the molecule is CC[N+](C)(C)CCCCCCCCC(C)(ON)c1ccc(C)cc1. The maximum absolute atomic E-state index is 5.61. The summed E-state index contributed by atoms with van der Waals surface area (Å²) in [6, 6.07) is 8.53. The number of quaternary nitrogens is 1. The fourth-order valence-electron chi connectivity index (χ4n) is 3.04. The molecule has 0 aliphatic carbocycles. The number of rotatable bonds is 12. The molecule has 3 nitrogen and oxygen atoms in total. The minimum atomic E-state index is -0.365. The summed E-state index contributed by atoms with van der Waals surface area (Å²) in [7, 11) is 4.64. The van der Waals surface area contributed by atoms with Crippen LogP contribution >= 0.6 is 0 Å². The van der Waals surface area contributed by atoms with Crippen molar-refractivity contribution in [3.63, 3.8) is 0 Å². The quantitative estimate of drug-likeness (QED) is 0.334. The van der Waals surface area contributed by atoms with Gasteiger partial charge in [0, 0.05) is 0 Å². The van der Waals surface area contributed by atoms with Gasteiger partial charge in [-0.1, -0.05) is 55.5 Å². The molecule has 1 atom stereocenters. The number of nitrogens with zero attached hydrogens (tertiary/aromatic N) is 1. The van der Waals surface area contributed by atoms with Crippen LogP contribution in [0, 0.1) is 6.92 Å². The normalized spacial score (nSPS) is 14.6. The molecule has 0 radical (unpaired) electrons. The van der Waals surface area contributed by atoms with Crippen molar-refractivity contribution < 1.29 is 9.32 Å². The van der Waals surface area contributed by atoms with E-state index in [0.717, 1.165) is 17.3 Å². The second-order valence-corrected chi connectivity index (χ2v) is 8.06. The van der Waals surface area contributed by atoms with E-state index in [-0.39, 0.29) is 5.60 Å². The van der Waals surface area contributed by atoms with Crippen molar-refractivity contribution in [2.45, 2.75) is 71.3 Å². The Balaban J connectivity index is 2.22. The first-order valence-electron chi connectivity index (χ1n) is 9.60. The summed E-state index contributed by atoms with van der Waals surface area (Å²) in [6.45, 7) is 8.98. The van der Waals surface area contributed by atoms with Crippen LogP contribution in [0.25, 0.3) is 0 Å². The van der Waals surface area contributed by atoms with Gasteiger partial charge in [0.1, 0.15) is 5.60 Å². The molecule has 2 N–H and O–H groups in total. The zero-order valence-corrected chi connectivity index (χ0v) is 16.6. The van der Waals surface area contributed by atoms with Crippen LogP contribution in [-0.4, -0.2) is 31.7 Å². The van der Waals surface area contributed by atoms with E-state index in [4.69, 9.17) is 10.7 Å². The van der Waals surface area contributed by atoms with Gasteiger partial charge in [-0.15, -0.1) is 0 Å². The van der Waals surface area contributed by atoms with Crippen LogP contribution in [0.4, 0.5) is 0 Å². The molecule has 0 fully saturated rings. The number of hydrogen-bond acceptors (Lipinski definition) is 2. The van der Waals surface area contributed by atoms with Crippen molar-refractivity contribution in [3.05, 3.63) is 35.4 Å². The van der Waals surface area contributed by atoms with Gasteiger partial charge in [0.15, 0.2) is 0 Å². The number of aryl methyl sites for hydroxylation is 1. The molecule has 3 heteroatoms. The van der Waals surface area contributed by atoms with Crippen LogP contribution in [0.5, 0.6) is 0 Å². The molecular formula is C21H39N2O+. The first kappa shape index (κ1) is 21.1. The molecule has 0 amide bonds. The average molecular weight is 336 g/mol. The monoisotopic (exact) mass is 335 g/mol. The van der Waals surface area contributed by atoms with E-state index in [2.05, 4.69) is 59.1 Å². The highest BCUT2D eigenvalue weighted by molar-refractivity contribution is 5.26. The Labute approximate surface area is 149 Å². The van der Waals surface area contributed by atoms with Crippen LogP contribution in [-0.2, 0) is 10.4 Å². The summed E-state index contributed by atoms with van der Waals surface area (Å²) in [4.78, 5) is 5.36. The van der Waals surface area contributed by atoms with Gasteiger partial charge >= 0.3 is 0 Å². The molecule has 1 aromatic carbocycles. The van der Waals surface area contributed by atoms with E-state index in [9.17, 15) is 0 Å². The van der Waals surface area contributed by atoms with Crippen LogP contribution in [0.3, 0.4) is 0 Å². The van der Waals surface area contributed by atoms with Gasteiger partial charge in [-0.05, 0) is 45.6 Å². The summed E-state index contributed by atoms with van der Waals surface area (Å²) >= 11 is 0. The lowest BCUT2D eigenvalue weighted by atomic mass is 9.89. The van der Waals surface area contributed by atoms with Crippen LogP contribution in [0.1, 0.15) is 69.9 Å². The molecule has 0 saturated heterocycles. The van der Waals surface area contributed by atoms with Crippen molar-refractivity contribution in [2.24, 2.45) is 5.90 Å². The van der Waals surface area contributed by atoms with Crippen LogP contribution in [0.15, 0.2) is 24.3 Å². The first-order chi connectivity index (χ1) is 11.3. The van der Waals surface area contributed by atoms with Gasteiger partial charge in [0.25, 0.3) is 0 Å². The molecular weight excluding hydrogens is 296 g/mol. The van der Waals surface area contributed by atoms with Crippen LogP contribution < -0.4 is 5.90 Å². The highest BCUT2D eigenvalue weighted by Gasteiger charge is 2.26. The van der Waals surface area contributed by atoms with Gasteiger partial charge < -0.3 is 4.48 Å². The fourth-order valence-corrected chi connectivity index (χ4v) is 3.04. The molecule has 0 bridgehead atoms. The Morgan fingerprint density at radius 3 is 2.04 bits per heavy atom. The van der Waals surface area contributed by atoms with E-state index < -0.39 is 0 Å². The topological polar surface area (TPSA) is 35.2 Å². The number of benzene rings is 1. The Kier molecular flexibility index (Phi) is 8.96. The lowest BCUT2D eigenvalue weighted by molar-refractivity contribution is -0.888. The van der Waals surface area contributed by atoms with Gasteiger partial charge in [-0.3, -0.25) is 4.84 Å². The van der Waals surface area contributed by atoms with E-state index >= 15 is 0 Å². The van der Waals surface area contributed by atoms with Gasteiger partial charge in [-0.2, -0.15) is 0 Å². The standard InChI is InChI=1S/C21H39N2O/c1-6-23(4,5)18-12-10-8-7-9-11-17-21(3,24-22)20-15-13-19(2)14-16-20/h13-16H,6-12,17-18,22H2,1-5H3/q+1. The van der Waals surface area contributed by atoms with Crippen molar-refractivity contribution >= 4 is 0 Å². The van der Waals surface area contributed by atoms with E-state index in [1.165, 1.54) is 56.3 Å². The number of nitrogens with two attached hydrogens (primary N) is 1. The van der Waals surface area contributed by atoms with Crippen molar-refractivity contribution in [1.82, 2.24) is 0 Å². The summed E-state index contributed by atoms with van der Waals surface area (Å²) < 4.78 is 1.14.